The van der Waals surface area contributed by atoms with Gasteiger partial charge in [-0.25, -0.2) is 0 Å². The molecular weight excluding hydrogens is 458 g/mol. The average Bonchev–Trinajstić information content (AvgIpc) is 2.92. The number of hydrogen-bond acceptors (Lipinski definition) is 3. The van der Waals surface area contributed by atoms with Crippen LogP contribution in [0.3, 0.4) is 0 Å². The summed E-state index contributed by atoms with van der Waals surface area (Å²) in [6, 6.07) is 14.3. The van der Waals surface area contributed by atoms with E-state index in [9.17, 15) is 9.59 Å². The predicted molar refractivity (Wildman–Crippen MR) is 157 cm³/mol. The largest absolute Gasteiger partial charge is 0.339 e. The van der Waals surface area contributed by atoms with E-state index in [1.54, 1.807) is 0 Å². The van der Waals surface area contributed by atoms with Gasteiger partial charge in [0.25, 0.3) is 5.91 Å². The molecule has 0 saturated carbocycles. The number of anilines is 1. The van der Waals surface area contributed by atoms with Crippen LogP contribution in [0.25, 0.3) is 5.57 Å². The number of piperidine rings is 1. The fraction of sp³-hybridized carbons (Fsp3) is 0.438. The number of benzene rings is 2. The minimum Gasteiger partial charge on any atom is -0.339 e. The van der Waals surface area contributed by atoms with Gasteiger partial charge in [0.2, 0.25) is 5.91 Å². The molecule has 2 N–H and O–H groups in total. The molecule has 4 rings (SSSR count). The molecule has 0 bridgehead atoms. The van der Waals surface area contributed by atoms with Crippen molar-refractivity contribution < 1.29 is 9.59 Å². The number of nitrogens with zero attached hydrogens (tertiary/aromatic N) is 1. The first-order valence-electron chi connectivity index (χ1n) is 13.8. The molecule has 0 unspecified atom stereocenters. The van der Waals surface area contributed by atoms with Crippen molar-refractivity contribution in [3.63, 3.8) is 0 Å². The number of carbonyl (C=O) groups excluding carboxylic acids is 2. The molecule has 2 aromatic carbocycles. The van der Waals surface area contributed by atoms with Gasteiger partial charge in [0.15, 0.2) is 0 Å². The molecule has 0 radical (unpaired) electrons. The Bertz CT molecular complexity index is 1060. The molecule has 2 heterocycles. The minimum atomic E-state index is 0.0122. The number of rotatable bonds is 6. The van der Waals surface area contributed by atoms with Crippen LogP contribution in [-0.2, 0) is 4.79 Å². The zero-order valence-corrected chi connectivity index (χ0v) is 23.6. The van der Waals surface area contributed by atoms with E-state index in [2.05, 4.69) is 47.6 Å². The first-order chi connectivity index (χ1) is 18.0. The molecular formula is C32H45N3O2. The van der Waals surface area contributed by atoms with Gasteiger partial charge < -0.3 is 15.5 Å². The Hall–Kier alpha value is -3.18. The summed E-state index contributed by atoms with van der Waals surface area (Å²) in [5, 5.41) is 6.12. The monoisotopic (exact) mass is 503 g/mol. The van der Waals surface area contributed by atoms with Crippen LogP contribution in [0.1, 0.15) is 80.4 Å². The Balaban J connectivity index is 0.00000115. The summed E-state index contributed by atoms with van der Waals surface area (Å²) in [4.78, 5) is 27.4. The normalized spacial score (nSPS) is 15.8. The lowest BCUT2D eigenvalue weighted by Crippen LogP contribution is -2.48. The summed E-state index contributed by atoms with van der Waals surface area (Å²) in [5.74, 6) is 0.527. The van der Waals surface area contributed by atoms with Crippen molar-refractivity contribution in [2.75, 3.05) is 31.5 Å². The SMILES string of the molecule is C=C/C(=C\C)c1ccc(C2CCN(C(=O)c3ccc(C)c(NC(=O)C4CNC4)c3)CC2)cc1.CC.CC. The highest BCUT2D eigenvalue weighted by atomic mass is 16.2. The van der Waals surface area contributed by atoms with Crippen LogP contribution in [0.2, 0.25) is 0 Å². The van der Waals surface area contributed by atoms with Crippen molar-refractivity contribution in [1.29, 1.82) is 0 Å². The molecule has 0 spiro atoms. The average molecular weight is 504 g/mol. The standard InChI is InChI=1S/C28H33N3O2.2C2H6/c1-4-20(5-2)21-8-10-22(11-9-21)23-12-14-31(15-13-23)28(33)24-7-6-19(3)26(16-24)30-27(32)25-17-29-18-25;2*1-2/h4-11,16,23,25,29H,1,12-15,17-18H2,2-3H3,(H,30,32);2*1-2H3/b20-5+;;. The van der Waals surface area contributed by atoms with Crippen LogP contribution in [0.15, 0.2) is 61.2 Å². The van der Waals surface area contributed by atoms with Crippen molar-refractivity contribution in [3.05, 3.63) is 83.4 Å². The van der Waals surface area contributed by atoms with E-state index in [1.807, 2.05) is 70.7 Å². The number of allylic oxidation sites excluding steroid dienone is 3. The second-order valence-corrected chi connectivity index (χ2v) is 9.01. The minimum absolute atomic E-state index is 0.0122. The smallest absolute Gasteiger partial charge is 0.253 e. The van der Waals surface area contributed by atoms with Crippen LogP contribution in [-0.4, -0.2) is 42.9 Å². The van der Waals surface area contributed by atoms with Crippen molar-refractivity contribution in [2.24, 2.45) is 5.92 Å². The lowest BCUT2D eigenvalue weighted by atomic mass is 9.88. The topological polar surface area (TPSA) is 61.4 Å². The summed E-state index contributed by atoms with van der Waals surface area (Å²) >= 11 is 0. The third-order valence-corrected chi connectivity index (χ3v) is 6.92. The molecule has 2 aliphatic rings. The van der Waals surface area contributed by atoms with Gasteiger partial charge in [-0.1, -0.05) is 76.8 Å². The Morgan fingerprint density at radius 2 is 1.57 bits per heavy atom. The third kappa shape index (κ3) is 7.65. The van der Waals surface area contributed by atoms with E-state index in [4.69, 9.17) is 0 Å². The number of carbonyl (C=O) groups is 2. The molecule has 37 heavy (non-hydrogen) atoms. The van der Waals surface area contributed by atoms with Gasteiger partial charge >= 0.3 is 0 Å². The molecule has 0 aromatic heterocycles. The van der Waals surface area contributed by atoms with Crippen molar-refractivity contribution >= 4 is 23.1 Å². The van der Waals surface area contributed by atoms with Gasteiger partial charge in [0, 0.05) is 37.4 Å². The Kier molecular flexibility index (Phi) is 12.3. The van der Waals surface area contributed by atoms with Gasteiger partial charge in [-0.2, -0.15) is 0 Å². The van der Waals surface area contributed by atoms with Crippen molar-refractivity contribution in [2.45, 2.75) is 60.3 Å². The molecule has 0 aliphatic carbocycles. The molecule has 5 heteroatoms. The summed E-state index contributed by atoms with van der Waals surface area (Å²) in [5.41, 5.74) is 5.98. The van der Waals surface area contributed by atoms with E-state index in [0.29, 0.717) is 24.6 Å². The summed E-state index contributed by atoms with van der Waals surface area (Å²) in [6.07, 6.45) is 5.85. The number of amides is 2. The Morgan fingerprint density at radius 1 is 0.973 bits per heavy atom. The maximum absolute atomic E-state index is 13.2. The maximum Gasteiger partial charge on any atom is 0.253 e. The lowest BCUT2D eigenvalue weighted by molar-refractivity contribution is -0.121. The maximum atomic E-state index is 13.2. The highest BCUT2D eigenvalue weighted by molar-refractivity contribution is 5.98. The van der Waals surface area contributed by atoms with Gasteiger partial charge in [-0.05, 0) is 67.0 Å². The van der Waals surface area contributed by atoms with E-state index < -0.39 is 0 Å². The first-order valence-corrected chi connectivity index (χ1v) is 13.8. The zero-order chi connectivity index (χ0) is 27.4. The molecule has 2 aromatic rings. The summed E-state index contributed by atoms with van der Waals surface area (Å²) in [7, 11) is 0. The van der Waals surface area contributed by atoms with E-state index in [-0.39, 0.29) is 17.7 Å². The van der Waals surface area contributed by atoms with Gasteiger partial charge in [-0.3, -0.25) is 9.59 Å². The molecule has 2 aliphatic heterocycles. The number of hydrogen-bond donors (Lipinski definition) is 2. The second kappa shape index (κ2) is 15.2. The number of nitrogens with one attached hydrogen (secondary N) is 2. The van der Waals surface area contributed by atoms with E-state index in [0.717, 1.165) is 42.8 Å². The highest BCUT2D eigenvalue weighted by Crippen LogP contribution is 2.30. The third-order valence-electron chi connectivity index (χ3n) is 6.92. The van der Waals surface area contributed by atoms with Crippen molar-refractivity contribution in [1.82, 2.24) is 10.2 Å². The fourth-order valence-electron chi connectivity index (χ4n) is 4.55. The quantitative estimate of drug-likeness (QED) is 0.426. The van der Waals surface area contributed by atoms with Crippen LogP contribution in [0.5, 0.6) is 0 Å². The second-order valence-electron chi connectivity index (χ2n) is 9.01. The van der Waals surface area contributed by atoms with E-state index >= 15 is 0 Å². The first kappa shape index (κ1) is 30.0. The molecule has 2 amide bonds. The number of aryl methyl sites for hydroxylation is 1. The Labute approximate surface area is 224 Å². The zero-order valence-electron chi connectivity index (χ0n) is 23.6. The van der Waals surface area contributed by atoms with Crippen LogP contribution in [0.4, 0.5) is 5.69 Å². The molecule has 2 fully saturated rings. The fourth-order valence-corrected chi connectivity index (χ4v) is 4.55. The van der Waals surface area contributed by atoms with Crippen molar-refractivity contribution in [3.8, 4) is 0 Å². The van der Waals surface area contributed by atoms with E-state index in [1.165, 1.54) is 11.1 Å². The molecule has 0 atom stereocenters. The predicted octanol–water partition coefficient (Wildman–Crippen LogP) is 6.81. The lowest BCUT2D eigenvalue weighted by Gasteiger charge is -2.32. The summed E-state index contributed by atoms with van der Waals surface area (Å²) in [6.45, 7) is 18.8. The summed E-state index contributed by atoms with van der Waals surface area (Å²) < 4.78 is 0. The van der Waals surface area contributed by atoms with Gasteiger partial charge in [-0.15, -0.1) is 0 Å². The van der Waals surface area contributed by atoms with Gasteiger partial charge in [0.05, 0.1) is 5.92 Å². The van der Waals surface area contributed by atoms with Gasteiger partial charge in [0.1, 0.15) is 0 Å². The molecule has 5 nitrogen and oxygen atoms in total. The van der Waals surface area contributed by atoms with Crippen LogP contribution < -0.4 is 10.6 Å². The Morgan fingerprint density at radius 3 is 2.08 bits per heavy atom. The molecule has 200 valence electrons. The number of likely N-dealkylation sites (tertiary alicyclic amines) is 1. The van der Waals surface area contributed by atoms with Crippen LogP contribution >= 0.6 is 0 Å². The molecule has 2 saturated heterocycles. The van der Waals surface area contributed by atoms with Crippen LogP contribution in [0, 0.1) is 12.8 Å². The highest BCUT2D eigenvalue weighted by Gasteiger charge is 2.27.